The van der Waals surface area contributed by atoms with E-state index in [-0.39, 0.29) is 37.4 Å². The molecule has 320 valence electrons. The Kier molecular flexibility index (Phi) is 14.2. The maximum Gasteiger partial charge on any atom is 0.412 e. The number of rotatable bonds is 9. The van der Waals surface area contributed by atoms with Gasteiger partial charge < -0.3 is 44.2 Å². The molecule has 0 aliphatic carbocycles. The molecule has 16 heteroatoms. The van der Waals surface area contributed by atoms with Gasteiger partial charge in [-0.15, -0.1) is 0 Å². The summed E-state index contributed by atoms with van der Waals surface area (Å²) in [4.78, 5) is 75.1. The van der Waals surface area contributed by atoms with Gasteiger partial charge in [-0.2, -0.15) is 0 Å². The number of aliphatic hydroxyl groups excluding tert-OH is 1. The molecule has 2 aromatic rings. The minimum atomic E-state index is -1.58. The van der Waals surface area contributed by atoms with Gasteiger partial charge in [0.1, 0.15) is 30.5 Å². The minimum absolute atomic E-state index is 0.0469. The van der Waals surface area contributed by atoms with E-state index in [1.807, 2.05) is 37.3 Å². The maximum atomic E-state index is 14.6. The van der Waals surface area contributed by atoms with Crippen molar-refractivity contribution in [2.24, 2.45) is 23.7 Å². The number of nitrogens with one attached hydrogen (secondary N) is 2. The SMILES string of the molecule is CC[C@H]1OC(=O)[C@H](C)C(=O)[C@H](C)[C@@H](O[C@@H]2O[C@H](C)C[C@H](NC)[C@H]2O)[C@](C)(OC)C[C@@H](C)C(=O)[C@H](C)[C@H]2N(CNC(=O)OCc3cnc4ccccc4c3)C(=O)O[C@]12C. The molecule has 4 heterocycles. The van der Waals surface area contributed by atoms with E-state index in [0.29, 0.717) is 12.0 Å². The average Bonchev–Trinajstić information content (AvgIpc) is 3.47. The van der Waals surface area contributed by atoms with Gasteiger partial charge in [-0.1, -0.05) is 45.9 Å². The average molecular weight is 813 g/mol. The van der Waals surface area contributed by atoms with Crippen LogP contribution in [0.3, 0.4) is 0 Å². The smallest absolute Gasteiger partial charge is 0.412 e. The third-order valence-corrected chi connectivity index (χ3v) is 12.3. The van der Waals surface area contributed by atoms with Crippen LogP contribution in [0.5, 0.6) is 0 Å². The molecular weight excluding hydrogens is 752 g/mol. The molecule has 3 fully saturated rings. The zero-order chi connectivity index (χ0) is 42.7. The molecule has 3 aliphatic heterocycles. The van der Waals surface area contributed by atoms with Gasteiger partial charge >= 0.3 is 18.2 Å². The quantitative estimate of drug-likeness (QED) is 0.184. The normalized spacial score (nSPS) is 36.5. The van der Waals surface area contributed by atoms with Crippen molar-refractivity contribution in [3.05, 3.63) is 42.1 Å². The molecule has 16 nitrogen and oxygen atoms in total. The van der Waals surface area contributed by atoms with Crippen LogP contribution in [0.2, 0.25) is 0 Å². The highest BCUT2D eigenvalue weighted by molar-refractivity contribution is 6.00. The van der Waals surface area contributed by atoms with Gasteiger partial charge in [0.2, 0.25) is 0 Å². The monoisotopic (exact) mass is 812 g/mol. The number of benzene rings is 1. The fourth-order valence-electron chi connectivity index (χ4n) is 8.98. The molecule has 3 saturated heterocycles. The Morgan fingerprint density at radius 3 is 2.43 bits per heavy atom. The van der Waals surface area contributed by atoms with E-state index in [9.17, 15) is 29.1 Å². The lowest BCUT2D eigenvalue weighted by Crippen LogP contribution is -2.60. The third kappa shape index (κ3) is 9.15. The van der Waals surface area contributed by atoms with Gasteiger partial charge in [0.05, 0.1) is 36.0 Å². The Morgan fingerprint density at radius 1 is 1.05 bits per heavy atom. The Hall–Kier alpha value is -4.22. The highest BCUT2D eigenvalue weighted by atomic mass is 16.7. The van der Waals surface area contributed by atoms with Crippen molar-refractivity contribution < 1.29 is 57.5 Å². The summed E-state index contributed by atoms with van der Waals surface area (Å²) in [5.41, 5.74) is -1.46. The molecule has 0 bridgehead atoms. The van der Waals surface area contributed by atoms with Crippen LogP contribution in [0.15, 0.2) is 36.5 Å². The predicted octanol–water partition coefficient (Wildman–Crippen LogP) is 4.28. The fourth-order valence-corrected chi connectivity index (χ4v) is 8.98. The summed E-state index contributed by atoms with van der Waals surface area (Å²) in [7, 11) is 3.17. The molecule has 2 amide bonds. The number of alkyl carbamates (subject to hydrolysis) is 1. The molecular formula is C42H60N4O12. The summed E-state index contributed by atoms with van der Waals surface area (Å²) < 4.78 is 36.2. The summed E-state index contributed by atoms with van der Waals surface area (Å²) >= 11 is 0. The van der Waals surface area contributed by atoms with Gasteiger partial charge in [0, 0.05) is 48.1 Å². The highest BCUT2D eigenvalue weighted by Crippen LogP contribution is 2.42. The highest BCUT2D eigenvalue weighted by Gasteiger charge is 2.60. The van der Waals surface area contributed by atoms with Crippen LogP contribution < -0.4 is 10.6 Å². The molecule has 58 heavy (non-hydrogen) atoms. The first-order chi connectivity index (χ1) is 27.4. The Balaban J connectivity index is 1.44. The van der Waals surface area contributed by atoms with Crippen molar-refractivity contribution in [3.8, 4) is 0 Å². The van der Waals surface area contributed by atoms with Crippen molar-refractivity contribution in [3.63, 3.8) is 0 Å². The Labute approximate surface area is 340 Å². The summed E-state index contributed by atoms with van der Waals surface area (Å²) in [6.45, 7) is 12.9. The number of pyridine rings is 1. The standard InChI is InChI=1S/C42H60N4O12/c1-11-31-42(8)35(46(40(52)58-42)21-45-39(51)54-20-27-17-28-14-12-13-15-29(28)44-19-27)24(4)32(47)22(2)18-41(7,53-10)36(25(5)33(48)26(6)37(50)56-31)57-38-34(49)30(43-9)16-23(3)55-38/h12-15,17,19,22-26,30-31,34-36,38,43,49H,11,16,18,20-21H2,1-10H3,(H,45,51)/t22-,23-,24+,25+,26-,30+,31-,34-,35-,36-,38+,41-,42-/m1/s1. The number of amides is 2. The zero-order valence-corrected chi connectivity index (χ0v) is 35.2. The number of hydrogen-bond donors (Lipinski definition) is 3. The van der Waals surface area contributed by atoms with Crippen LogP contribution in [-0.2, 0) is 49.4 Å². The zero-order valence-electron chi connectivity index (χ0n) is 35.2. The number of fused-ring (bicyclic) bond motifs is 2. The van der Waals surface area contributed by atoms with Gasteiger partial charge in [0.15, 0.2) is 17.7 Å². The first kappa shape index (κ1) is 44.9. The number of para-hydroxylation sites is 1. The van der Waals surface area contributed by atoms with Crippen molar-refractivity contribution in [2.45, 2.75) is 135 Å². The second-order valence-electron chi connectivity index (χ2n) is 16.5. The number of hydrogen-bond acceptors (Lipinski definition) is 14. The van der Waals surface area contributed by atoms with Crippen LogP contribution in [-0.4, -0.2) is 120 Å². The van der Waals surface area contributed by atoms with Crippen LogP contribution >= 0.6 is 0 Å². The minimum Gasteiger partial charge on any atom is -0.458 e. The Morgan fingerprint density at radius 2 is 1.76 bits per heavy atom. The number of ketones is 2. The van der Waals surface area contributed by atoms with Crippen molar-refractivity contribution in [1.82, 2.24) is 20.5 Å². The van der Waals surface area contributed by atoms with Crippen molar-refractivity contribution >= 4 is 40.6 Å². The molecule has 0 spiro atoms. The molecule has 1 aromatic heterocycles. The summed E-state index contributed by atoms with van der Waals surface area (Å²) in [6, 6.07) is 7.99. The molecule has 3 N–H and O–H groups in total. The van der Waals surface area contributed by atoms with E-state index in [0.717, 1.165) is 10.9 Å². The van der Waals surface area contributed by atoms with E-state index in [4.69, 9.17) is 28.4 Å². The molecule has 13 atom stereocenters. The number of ether oxygens (including phenoxy) is 6. The van der Waals surface area contributed by atoms with Gasteiger partial charge in [-0.3, -0.25) is 24.3 Å². The molecule has 3 aliphatic rings. The number of aliphatic hydroxyl groups is 1. The number of aromatic nitrogens is 1. The molecule has 0 saturated carbocycles. The molecule has 1 aromatic carbocycles. The largest absolute Gasteiger partial charge is 0.458 e. The number of methoxy groups -OCH3 is 1. The number of cyclic esters (lactones) is 1. The number of nitrogens with zero attached hydrogens (tertiary/aromatic N) is 2. The van der Waals surface area contributed by atoms with E-state index < -0.39 is 96.1 Å². The van der Waals surface area contributed by atoms with E-state index in [1.165, 1.54) is 18.9 Å². The summed E-state index contributed by atoms with van der Waals surface area (Å²) in [5, 5.41) is 17.8. The lowest BCUT2D eigenvalue weighted by atomic mass is 9.73. The maximum absolute atomic E-state index is 14.6. The summed E-state index contributed by atoms with van der Waals surface area (Å²) in [5.74, 6) is -5.62. The van der Waals surface area contributed by atoms with E-state index in [1.54, 1.807) is 54.8 Å². The van der Waals surface area contributed by atoms with Crippen molar-refractivity contribution in [1.29, 1.82) is 0 Å². The number of Topliss-reactive ketones (excluding diaryl/α,β-unsaturated/α-hetero) is 2. The van der Waals surface area contributed by atoms with Crippen molar-refractivity contribution in [2.75, 3.05) is 20.8 Å². The fraction of sp³-hybridized carbons (Fsp3) is 0.667. The first-order valence-electron chi connectivity index (χ1n) is 20.1. The third-order valence-electron chi connectivity index (χ3n) is 12.3. The number of likely N-dealkylation sites (N-methyl/N-ethyl adjacent to an activating group) is 1. The molecule has 0 unspecified atom stereocenters. The topological polar surface area (TPSA) is 201 Å². The van der Waals surface area contributed by atoms with Crippen LogP contribution in [0.25, 0.3) is 10.9 Å². The Bertz CT molecular complexity index is 1830. The number of carbonyl (C=O) groups excluding carboxylic acids is 5. The first-order valence-corrected chi connectivity index (χ1v) is 20.1. The van der Waals surface area contributed by atoms with E-state index in [2.05, 4.69) is 15.6 Å². The van der Waals surface area contributed by atoms with Gasteiger partial charge in [-0.25, -0.2) is 9.59 Å². The lowest BCUT2D eigenvalue weighted by Gasteiger charge is -2.46. The number of carbonyl (C=O) groups is 5. The molecule has 5 rings (SSSR count). The van der Waals surface area contributed by atoms with Gasteiger partial charge in [0.25, 0.3) is 0 Å². The predicted molar refractivity (Wildman–Crippen MR) is 210 cm³/mol. The number of esters is 1. The van der Waals surface area contributed by atoms with Crippen LogP contribution in [0.4, 0.5) is 9.59 Å². The lowest BCUT2D eigenvalue weighted by molar-refractivity contribution is -0.290. The molecule has 0 radical (unpaired) electrons. The van der Waals surface area contributed by atoms with Crippen LogP contribution in [0.1, 0.15) is 80.2 Å². The second kappa shape index (κ2) is 18.4. The van der Waals surface area contributed by atoms with E-state index >= 15 is 0 Å². The van der Waals surface area contributed by atoms with Crippen LogP contribution in [0, 0.1) is 23.7 Å². The second-order valence-corrected chi connectivity index (χ2v) is 16.5. The summed E-state index contributed by atoms with van der Waals surface area (Å²) in [6.07, 6.45) is -4.08. The van der Waals surface area contributed by atoms with Gasteiger partial charge in [-0.05, 0) is 66.1 Å².